The van der Waals surface area contributed by atoms with Crippen LogP contribution in [0.25, 0.3) is 0 Å². The summed E-state index contributed by atoms with van der Waals surface area (Å²) < 4.78 is 10.9. The molecule has 1 aromatic heterocycles. The van der Waals surface area contributed by atoms with Crippen LogP contribution in [0.4, 0.5) is 17.8 Å². The molecule has 0 amide bonds. The first-order chi connectivity index (χ1) is 14.7. The molecule has 1 aromatic carbocycles. The van der Waals surface area contributed by atoms with Crippen molar-refractivity contribution < 1.29 is 9.47 Å². The van der Waals surface area contributed by atoms with Crippen LogP contribution in [0, 0.1) is 0 Å². The predicted molar refractivity (Wildman–Crippen MR) is 118 cm³/mol. The fraction of sp³-hybridized carbons (Fsp3) is 0.524. The van der Waals surface area contributed by atoms with Crippen molar-refractivity contribution in [3.05, 3.63) is 35.4 Å². The van der Waals surface area contributed by atoms with E-state index in [0.717, 1.165) is 31.7 Å². The van der Waals surface area contributed by atoms with Gasteiger partial charge in [-0.15, -0.1) is 0 Å². The van der Waals surface area contributed by atoms with E-state index in [1.165, 1.54) is 5.56 Å². The molecule has 2 aliphatic rings. The molecule has 2 aliphatic heterocycles. The Morgan fingerprint density at radius 2 is 1.40 bits per heavy atom. The Labute approximate surface area is 177 Å². The minimum absolute atomic E-state index is 0.433. The third kappa shape index (κ3) is 5.22. The second-order valence-corrected chi connectivity index (χ2v) is 7.65. The van der Waals surface area contributed by atoms with E-state index in [1.807, 2.05) is 0 Å². The van der Waals surface area contributed by atoms with Crippen molar-refractivity contribution in [3.63, 3.8) is 0 Å². The summed E-state index contributed by atoms with van der Waals surface area (Å²) in [5, 5.41) is 4.34. The van der Waals surface area contributed by atoms with Crippen LogP contribution in [0.15, 0.2) is 29.4 Å². The molecule has 1 N–H and O–H groups in total. The molecule has 0 aliphatic carbocycles. The summed E-state index contributed by atoms with van der Waals surface area (Å²) in [7, 11) is 0. The Morgan fingerprint density at radius 1 is 0.867 bits per heavy atom. The van der Waals surface area contributed by atoms with Gasteiger partial charge in [-0.3, -0.25) is 0 Å². The number of rotatable bonds is 6. The third-order valence-electron chi connectivity index (χ3n) is 5.18. The van der Waals surface area contributed by atoms with E-state index in [1.54, 1.807) is 6.21 Å². The van der Waals surface area contributed by atoms with Crippen molar-refractivity contribution in [1.82, 2.24) is 15.0 Å². The van der Waals surface area contributed by atoms with Gasteiger partial charge >= 0.3 is 0 Å². The van der Waals surface area contributed by atoms with Gasteiger partial charge in [0.25, 0.3) is 0 Å². The zero-order valence-corrected chi connectivity index (χ0v) is 17.6. The largest absolute Gasteiger partial charge is 0.378 e. The molecule has 30 heavy (non-hydrogen) atoms. The molecular formula is C21H29N7O2. The molecule has 2 fully saturated rings. The van der Waals surface area contributed by atoms with Crippen LogP contribution in [-0.2, 0) is 9.47 Å². The van der Waals surface area contributed by atoms with E-state index < -0.39 is 0 Å². The number of hydrogen-bond acceptors (Lipinski definition) is 9. The molecule has 0 atom stereocenters. The van der Waals surface area contributed by atoms with Gasteiger partial charge in [-0.25, -0.2) is 5.43 Å². The van der Waals surface area contributed by atoms with E-state index in [2.05, 4.69) is 68.4 Å². The molecule has 2 aromatic rings. The van der Waals surface area contributed by atoms with Gasteiger partial charge in [-0.2, -0.15) is 20.1 Å². The summed E-state index contributed by atoms with van der Waals surface area (Å²) in [6.07, 6.45) is 1.77. The first kappa shape index (κ1) is 20.5. The van der Waals surface area contributed by atoms with Crippen molar-refractivity contribution in [2.24, 2.45) is 5.10 Å². The van der Waals surface area contributed by atoms with Gasteiger partial charge in [-0.1, -0.05) is 38.1 Å². The summed E-state index contributed by atoms with van der Waals surface area (Å²) in [5.74, 6) is 2.24. The highest BCUT2D eigenvalue weighted by atomic mass is 16.5. The Kier molecular flexibility index (Phi) is 6.70. The lowest BCUT2D eigenvalue weighted by Gasteiger charge is -2.30. The Hall–Kier alpha value is -2.78. The number of hydrogen-bond donors (Lipinski definition) is 1. The van der Waals surface area contributed by atoms with Crippen LogP contribution in [0.1, 0.15) is 30.9 Å². The maximum absolute atomic E-state index is 5.46. The molecule has 0 radical (unpaired) electrons. The fourth-order valence-corrected chi connectivity index (χ4v) is 3.34. The SMILES string of the molecule is CC(C)c1ccc(C=NNc2nc(N3CCOCC3)nc(N3CCOCC3)n2)cc1. The summed E-state index contributed by atoms with van der Waals surface area (Å²) in [4.78, 5) is 18.1. The first-order valence-corrected chi connectivity index (χ1v) is 10.5. The van der Waals surface area contributed by atoms with E-state index in [-0.39, 0.29) is 0 Å². The quantitative estimate of drug-likeness (QED) is 0.571. The molecule has 0 unspecified atom stereocenters. The monoisotopic (exact) mass is 411 g/mol. The normalized spacial score (nSPS) is 17.7. The molecule has 2 saturated heterocycles. The van der Waals surface area contributed by atoms with Crippen LogP contribution in [0.5, 0.6) is 0 Å². The van der Waals surface area contributed by atoms with E-state index >= 15 is 0 Å². The van der Waals surface area contributed by atoms with Crippen LogP contribution in [0.3, 0.4) is 0 Å². The van der Waals surface area contributed by atoms with E-state index in [9.17, 15) is 0 Å². The molecule has 9 nitrogen and oxygen atoms in total. The first-order valence-electron chi connectivity index (χ1n) is 10.5. The average molecular weight is 412 g/mol. The highest BCUT2D eigenvalue weighted by Crippen LogP contribution is 2.19. The Morgan fingerprint density at radius 3 is 1.90 bits per heavy atom. The topological polar surface area (TPSA) is 88.0 Å². The van der Waals surface area contributed by atoms with E-state index in [4.69, 9.17) is 14.5 Å². The van der Waals surface area contributed by atoms with Crippen LogP contribution in [0.2, 0.25) is 0 Å². The number of ether oxygens (including phenoxy) is 2. The molecule has 0 bridgehead atoms. The van der Waals surface area contributed by atoms with Gasteiger partial charge in [0.1, 0.15) is 0 Å². The maximum atomic E-state index is 5.46. The van der Waals surface area contributed by atoms with Crippen molar-refractivity contribution in [1.29, 1.82) is 0 Å². The van der Waals surface area contributed by atoms with Gasteiger partial charge in [0.2, 0.25) is 17.8 Å². The van der Waals surface area contributed by atoms with Gasteiger partial charge in [0.15, 0.2) is 0 Å². The lowest BCUT2D eigenvalue weighted by atomic mass is 10.0. The minimum atomic E-state index is 0.433. The number of anilines is 3. The average Bonchev–Trinajstić information content (AvgIpc) is 2.80. The van der Waals surface area contributed by atoms with Crippen molar-refractivity contribution in [2.45, 2.75) is 19.8 Å². The molecular weight excluding hydrogens is 382 g/mol. The van der Waals surface area contributed by atoms with Gasteiger partial charge in [-0.05, 0) is 17.0 Å². The zero-order valence-electron chi connectivity index (χ0n) is 17.6. The van der Waals surface area contributed by atoms with Gasteiger partial charge < -0.3 is 19.3 Å². The molecule has 4 rings (SSSR count). The number of morpholine rings is 2. The Balaban J connectivity index is 1.51. The Bertz CT molecular complexity index is 809. The summed E-state index contributed by atoms with van der Waals surface area (Å²) >= 11 is 0. The summed E-state index contributed by atoms with van der Waals surface area (Å²) in [5.41, 5.74) is 5.31. The highest BCUT2D eigenvalue weighted by Gasteiger charge is 2.20. The predicted octanol–water partition coefficient (Wildman–Crippen LogP) is 2.11. The lowest BCUT2D eigenvalue weighted by Crippen LogP contribution is -2.40. The number of aromatic nitrogens is 3. The van der Waals surface area contributed by atoms with Gasteiger partial charge in [0.05, 0.1) is 32.6 Å². The van der Waals surface area contributed by atoms with Crippen molar-refractivity contribution in [2.75, 3.05) is 67.8 Å². The fourth-order valence-electron chi connectivity index (χ4n) is 3.34. The van der Waals surface area contributed by atoms with Crippen molar-refractivity contribution >= 4 is 24.1 Å². The second-order valence-electron chi connectivity index (χ2n) is 7.65. The van der Waals surface area contributed by atoms with Crippen LogP contribution >= 0.6 is 0 Å². The summed E-state index contributed by atoms with van der Waals surface area (Å²) in [6, 6.07) is 8.38. The maximum Gasteiger partial charge on any atom is 0.250 e. The van der Waals surface area contributed by atoms with Gasteiger partial charge in [0, 0.05) is 26.2 Å². The molecule has 9 heteroatoms. The lowest BCUT2D eigenvalue weighted by molar-refractivity contribution is 0.121. The molecule has 0 spiro atoms. The number of hydrazone groups is 1. The van der Waals surface area contributed by atoms with Crippen LogP contribution in [-0.4, -0.2) is 73.8 Å². The number of nitrogens with one attached hydrogen (secondary N) is 1. The smallest absolute Gasteiger partial charge is 0.250 e. The van der Waals surface area contributed by atoms with Crippen LogP contribution < -0.4 is 15.2 Å². The summed E-state index contributed by atoms with van der Waals surface area (Å²) in [6.45, 7) is 10.1. The standard InChI is InChI=1S/C21H29N7O2/c1-16(2)18-5-3-17(4-6-18)15-22-26-19-23-20(27-7-11-29-12-8-27)25-21(24-19)28-9-13-30-14-10-28/h3-6,15-16H,7-14H2,1-2H3,(H,23,24,25,26). The molecule has 3 heterocycles. The molecule has 0 saturated carbocycles. The minimum Gasteiger partial charge on any atom is -0.378 e. The second kappa shape index (κ2) is 9.82. The van der Waals surface area contributed by atoms with Crippen molar-refractivity contribution in [3.8, 4) is 0 Å². The number of benzene rings is 1. The van der Waals surface area contributed by atoms with E-state index in [0.29, 0.717) is 50.2 Å². The number of nitrogens with zero attached hydrogens (tertiary/aromatic N) is 6. The highest BCUT2D eigenvalue weighted by molar-refractivity contribution is 5.80. The molecule has 160 valence electrons. The zero-order chi connectivity index (χ0) is 20.8. The third-order valence-corrected chi connectivity index (χ3v) is 5.18.